The zero-order valence-electron chi connectivity index (χ0n) is 11.9. The summed E-state index contributed by atoms with van der Waals surface area (Å²) in [5, 5.41) is 22.8. The summed E-state index contributed by atoms with van der Waals surface area (Å²) >= 11 is 0. The number of rotatable bonds is 4. The molecule has 5 heteroatoms. The maximum absolute atomic E-state index is 10.5. The van der Waals surface area contributed by atoms with Crippen LogP contribution in [0.1, 0.15) is 37.4 Å². The second-order valence-corrected chi connectivity index (χ2v) is 5.59. The Hall–Kier alpha value is -1.61. The van der Waals surface area contributed by atoms with Crippen LogP contribution in [0.2, 0.25) is 0 Å². The molecule has 0 unspecified atom stereocenters. The molecule has 0 spiro atoms. The van der Waals surface area contributed by atoms with Crippen LogP contribution in [0.5, 0.6) is 5.75 Å². The molecule has 1 aliphatic heterocycles. The van der Waals surface area contributed by atoms with Gasteiger partial charge in [-0.2, -0.15) is 5.26 Å². The lowest BCUT2D eigenvalue weighted by Crippen LogP contribution is -2.52. The van der Waals surface area contributed by atoms with Gasteiger partial charge in [-0.25, -0.2) is 0 Å². The topological polar surface area (TPSA) is 91.3 Å². The molecule has 2 rings (SSSR count). The van der Waals surface area contributed by atoms with Crippen molar-refractivity contribution in [3.8, 4) is 11.8 Å². The number of fused-ring (bicyclic) bond motifs is 1. The van der Waals surface area contributed by atoms with Crippen LogP contribution in [0.15, 0.2) is 18.2 Å². The molecule has 20 heavy (non-hydrogen) atoms. The Labute approximate surface area is 119 Å². The first-order valence-electron chi connectivity index (χ1n) is 6.84. The Morgan fingerprint density at radius 1 is 1.50 bits per heavy atom. The lowest BCUT2D eigenvalue weighted by atomic mass is 9.86. The molecule has 0 fully saturated rings. The van der Waals surface area contributed by atoms with E-state index in [1.807, 2.05) is 13.8 Å². The molecule has 5 nitrogen and oxygen atoms in total. The van der Waals surface area contributed by atoms with Gasteiger partial charge in [0, 0.05) is 5.56 Å². The number of hydrogen-bond acceptors (Lipinski definition) is 5. The van der Waals surface area contributed by atoms with Crippen molar-refractivity contribution in [3.63, 3.8) is 0 Å². The standard InChI is InChI=1S/C15H21N3O2/c1-15(2)14(19)13(18-7-3-6-16)11-8-10(9-17)4-5-12(11)20-15/h4-5,8,13-14,18-19H,3,6-7,16H2,1-2H3/t13-,14+/m1/s1. The third-order valence-electron chi connectivity index (χ3n) is 3.62. The number of aliphatic hydroxyl groups is 1. The third kappa shape index (κ3) is 2.78. The van der Waals surface area contributed by atoms with E-state index in [9.17, 15) is 5.11 Å². The van der Waals surface area contributed by atoms with Gasteiger partial charge >= 0.3 is 0 Å². The van der Waals surface area contributed by atoms with Crippen molar-refractivity contribution in [1.29, 1.82) is 5.26 Å². The second-order valence-electron chi connectivity index (χ2n) is 5.59. The largest absolute Gasteiger partial charge is 0.485 e. The normalized spacial score (nSPS) is 23.6. The molecular weight excluding hydrogens is 254 g/mol. The molecule has 2 atom stereocenters. The quantitative estimate of drug-likeness (QED) is 0.715. The summed E-state index contributed by atoms with van der Waals surface area (Å²) in [6.07, 6.45) is 0.138. The van der Waals surface area contributed by atoms with E-state index in [-0.39, 0.29) is 6.04 Å². The SMILES string of the molecule is CC1(C)Oc2ccc(C#N)cc2[C@@H](NCCCN)[C@@H]1O. The molecule has 0 amide bonds. The van der Waals surface area contributed by atoms with Gasteiger partial charge in [0.05, 0.1) is 17.7 Å². The molecule has 0 aromatic heterocycles. The van der Waals surface area contributed by atoms with Crippen molar-refractivity contribution < 1.29 is 9.84 Å². The number of nitriles is 1. The van der Waals surface area contributed by atoms with Gasteiger partial charge in [-0.3, -0.25) is 0 Å². The van der Waals surface area contributed by atoms with Gasteiger partial charge in [0.1, 0.15) is 17.5 Å². The highest BCUT2D eigenvalue weighted by atomic mass is 16.5. The van der Waals surface area contributed by atoms with E-state index in [0.29, 0.717) is 24.4 Å². The van der Waals surface area contributed by atoms with Gasteiger partial charge in [-0.15, -0.1) is 0 Å². The van der Waals surface area contributed by atoms with Crippen LogP contribution in [-0.4, -0.2) is 29.9 Å². The number of ether oxygens (including phenoxy) is 1. The number of benzene rings is 1. The van der Waals surface area contributed by atoms with Crippen LogP contribution in [-0.2, 0) is 0 Å². The third-order valence-corrected chi connectivity index (χ3v) is 3.62. The van der Waals surface area contributed by atoms with E-state index >= 15 is 0 Å². The average Bonchev–Trinajstić information content (AvgIpc) is 2.42. The number of hydrogen-bond donors (Lipinski definition) is 3. The summed E-state index contributed by atoms with van der Waals surface area (Å²) < 4.78 is 5.84. The summed E-state index contributed by atoms with van der Waals surface area (Å²) in [5.74, 6) is 0.713. The van der Waals surface area contributed by atoms with Gasteiger partial charge in [-0.05, 0) is 51.6 Å². The van der Waals surface area contributed by atoms with Crippen LogP contribution in [0, 0.1) is 11.3 Å². The first-order chi connectivity index (χ1) is 9.49. The summed E-state index contributed by atoms with van der Waals surface area (Å²) in [5.41, 5.74) is 6.21. The number of aliphatic hydroxyl groups excluding tert-OH is 1. The Morgan fingerprint density at radius 2 is 2.25 bits per heavy atom. The van der Waals surface area contributed by atoms with Crippen molar-refractivity contribution >= 4 is 0 Å². The fourth-order valence-corrected chi connectivity index (χ4v) is 2.45. The molecule has 1 heterocycles. The van der Waals surface area contributed by atoms with Crippen molar-refractivity contribution in [2.45, 2.75) is 38.0 Å². The van der Waals surface area contributed by atoms with E-state index in [1.54, 1.807) is 18.2 Å². The van der Waals surface area contributed by atoms with Crippen molar-refractivity contribution in [2.24, 2.45) is 5.73 Å². The zero-order valence-corrected chi connectivity index (χ0v) is 11.9. The van der Waals surface area contributed by atoms with Crippen molar-refractivity contribution in [3.05, 3.63) is 29.3 Å². The smallest absolute Gasteiger partial charge is 0.131 e. The fraction of sp³-hybridized carbons (Fsp3) is 0.533. The van der Waals surface area contributed by atoms with Crippen LogP contribution in [0.25, 0.3) is 0 Å². The first-order valence-corrected chi connectivity index (χ1v) is 6.84. The van der Waals surface area contributed by atoms with Gasteiger partial charge in [0.2, 0.25) is 0 Å². The molecule has 1 aromatic rings. The Balaban J connectivity index is 2.35. The molecule has 0 radical (unpaired) electrons. The molecule has 1 aromatic carbocycles. The minimum absolute atomic E-state index is 0.256. The highest BCUT2D eigenvalue weighted by Gasteiger charge is 2.42. The Morgan fingerprint density at radius 3 is 2.90 bits per heavy atom. The lowest BCUT2D eigenvalue weighted by Gasteiger charge is -2.42. The van der Waals surface area contributed by atoms with E-state index in [4.69, 9.17) is 15.7 Å². The summed E-state index contributed by atoms with van der Waals surface area (Å²) in [6.45, 7) is 5.03. The molecule has 0 saturated carbocycles. The van der Waals surface area contributed by atoms with Crippen LogP contribution in [0.4, 0.5) is 0 Å². The number of nitrogens with zero attached hydrogens (tertiary/aromatic N) is 1. The van der Waals surface area contributed by atoms with E-state index in [2.05, 4.69) is 11.4 Å². The van der Waals surface area contributed by atoms with E-state index in [1.165, 1.54) is 0 Å². The van der Waals surface area contributed by atoms with Crippen molar-refractivity contribution in [2.75, 3.05) is 13.1 Å². The average molecular weight is 275 g/mol. The highest BCUT2D eigenvalue weighted by molar-refractivity contribution is 5.46. The summed E-state index contributed by atoms with van der Waals surface area (Å²) in [6, 6.07) is 7.15. The molecule has 1 aliphatic rings. The zero-order chi connectivity index (χ0) is 14.8. The van der Waals surface area contributed by atoms with E-state index < -0.39 is 11.7 Å². The first kappa shape index (κ1) is 14.8. The van der Waals surface area contributed by atoms with Crippen LogP contribution >= 0.6 is 0 Å². The molecule has 0 saturated heterocycles. The van der Waals surface area contributed by atoms with Crippen molar-refractivity contribution in [1.82, 2.24) is 5.32 Å². The van der Waals surface area contributed by atoms with E-state index in [0.717, 1.165) is 12.0 Å². The highest BCUT2D eigenvalue weighted by Crippen LogP contribution is 2.40. The predicted octanol–water partition coefficient (Wildman–Crippen LogP) is 1.07. The molecule has 108 valence electrons. The monoisotopic (exact) mass is 275 g/mol. The molecule has 0 aliphatic carbocycles. The number of nitrogens with one attached hydrogen (secondary N) is 1. The summed E-state index contributed by atoms with van der Waals surface area (Å²) in [4.78, 5) is 0. The maximum atomic E-state index is 10.5. The van der Waals surface area contributed by atoms with Gasteiger partial charge in [0.25, 0.3) is 0 Å². The minimum Gasteiger partial charge on any atom is -0.485 e. The van der Waals surface area contributed by atoms with Crippen LogP contribution in [0.3, 0.4) is 0 Å². The predicted molar refractivity (Wildman–Crippen MR) is 76.3 cm³/mol. The Bertz CT molecular complexity index is 522. The summed E-state index contributed by atoms with van der Waals surface area (Å²) in [7, 11) is 0. The maximum Gasteiger partial charge on any atom is 0.131 e. The van der Waals surface area contributed by atoms with Gasteiger partial charge < -0.3 is 20.9 Å². The fourth-order valence-electron chi connectivity index (χ4n) is 2.45. The minimum atomic E-state index is -0.693. The second kappa shape index (κ2) is 5.80. The lowest BCUT2D eigenvalue weighted by molar-refractivity contribution is -0.0644. The van der Waals surface area contributed by atoms with Gasteiger partial charge in [0.15, 0.2) is 0 Å². The Kier molecular flexibility index (Phi) is 4.29. The van der Waals surface area contributed by atoms with Crippen LogP contribution < -0.4 is 15.8 Å². The van der Waals surface area contributed by atoms with Gasteiger partial charge in [-0.1, -0.05) is 0 Å². The molecule has 4 N–H and O–H groups in total. The molecule has 0 bridgehead atoms. The molecular formula is C15H21N3O2. The number of nitrogens with two attached hydrogens (primary N) is 1.